The lowest BCUT2D eigenvalue weighted by Crippen LogP contribution is -2.38. The number of nitrogens with one attached hydrogen (secondary N) is 1. The molecule has 1 fully saturated rings. The Bertz CT molecular complexity index is 463. The zero-order valence-corrected chi connectivity index (χ0v) is 13.5. The third-order valence-electron chi connectivity index (χ3n) is 5.47. The highest BCUT2D eigenvalue weighted by molar-refractivity contribution is 5.37. The largest absolute Gasteiger partial charge is 0.497 e. The van der Waals surface area contributed by atoms with Crippen LogP contribution >= 0.6 is 0 Å². The van der Waals surface area contributed by atoms with Gasteiger partial charge >= 0.3 is 0 Å². The first-order valence-corrected chi connectivity index (χ1v) is 8.63. The first-order chi connectivity index (χ1) is 10.2. The van der Waals surface area contributed by atoms with Crippen molar-refractivity contribution in [2.75, 3.05) is 13.7 Å². The van der Waals surface area contributed by atoms with Gasteiger partial charge in [-0.05, 0) is 73.7 Å². The average molecular weight is 287 g/mol. The Hall–Kier alpha value is -1.02. The first-order valence-electron chi connectivity index (χ1n) is 8.63. The summed E-state index contributed by atoms with van der Waals surface area (Å²) in [6.45, 7) is 3.62. The van der Waals surface area contributed by atoms with E-state index in [4.69, 9.17) is 4.74 Å². The molecular formula is C19H29NO. The van der Waals surface area contributed by atoms with Crippen molar-refractivity contribution in [2.24, 2.45) is 11.8 Å². The van der Waals surface area contributed by atoms with Gasteiger partial charge in [-0.3, -0.25) is 0 Å². The van der Waals surface area contributed by atoms with E-state index in [0.29, 0.717) is 6.04 Å². The molecule has 1 unspecified atom stereocenters. The minimum atomic E-state index is 0.656. The van der Waals surface area contributed by atoms with Gasteiger partial charge in [0.05, 0.1) is 7.11 Å². The van der Waals surface area contributed by atoms with Crippen LogP contribution in [0, 0.1) is 11.8 Å². The number of methoxy groups -OCH3 is 1. The van der Waals surface area contributed by atoms with E-state index < -0.39 is 0 Å². The van der Waals surface area contributed by atoms with Crippen LogP contribution in [0.3, 0.4) is 0 Å². The predicted molar refractivity (Wildman–Crippen MR) is 87.9 cm³/mol. The van der Waals surface area contributed by atoms with Crippen molar-refractivity contribution < 1.29 is 4.74 Å². The molecule has 0 bridgehead atoms. The molecule has 1 saturated carbocycles. The molecule has 116 valence electrons. The molecule has 1 aromatic rings. The number of fused-ring (bicyclic) bond motifs is 1. The van der Waals surface area contributed by atoms with Gasteiger partial charge in [-0.15, -0.1) is 0 Å². The second kappa shape index (κ2) is 6.83. The normalized spacial score (nSPS) is 29.0. The van der Waals surface area contributed by atoms with Gasteiger partial charge in [-0.1, -0.05) is 25.8 Å². The standard InChI is InChI=1S/C19H29NO/c1-14-3-5-15(6-4-14)13-20-18-9-7-16-8-10-19(21-2)12-17(16)11-18/h8,10,12,14-15,18,20H,3-7,9,11,13H2,1-2H3. The minimum absolute atomic E-state index is 0.656. The van der Waals surface area contributed by atoms with Gasteiger partial charge in [-0.2, -0.15) is 0 Å². The molecule has 0 spiro atoms. The fourth-order valence-electron chi connectivity index (χ4n) is 3.90. The smallest absolute Gasteiger partial charge is 0.119 e. The molecule has 2 aliphatic carbocycles. The van der Waals surface area contributed by atoms with E-state index in [1.165, 1.54) is 56.2 Å². The lowest BCUT2D eigenvalue weighted by Gasteiger charge is -2.30. The topological polar surface area (TPSA) is 21.3 Å². The molecular weight excluding hydrogens is 258 g/mol. The zero-order valence-electron chi connectivity index (χ0n) is 13.5. The summed E-state index contributed by atoms with van der Waals surface area (Å²) in [5.74, 6) is 2.86. The predicted octanol–water partition coefficient (Wildman–Crippen LogP) is 3.97. The molecule has 2 nitrogen and oxygen atoms in total. The van der Waals surface area contributed by atoms with Gasteiger partial charge in [0.25, 0.3) is 0 Å². The number of ether oxygens (including phenoxy) is 1. The molecule has 0 saturated heterocycles. The van der Waals surface area contributed by atoms with Crippen LogP contribution in [-0.4, -0.2) is 19.7 Å². The van der Waals surface area contributed by atoms with E-state index in [1.54, 1.807) is 7.11 Å². The van der Waals surface area contributed by atoms with Crippen LogP contribution in [0.5, 0.6) is 5.75 Å². The van der Waals surface area contributed by atoms with Crippen molar-refractivity contribution in [1.82, 2.24) is 5.32 Å². The van der Waals surface area contributed by atoms with Gasteiger partial charge in [0.2, 0.25) is 0 Å². The summed E-state index contributed by atoms with van der Waals surface area (Å²) in [7, 11) is 1.75. The van der Waals surface area contributed by atoms with Crippen molar-refractivity contribution in [2.45, 2.75) is 57.9 Å². The Balaban J connectivity index is 1.51. The molecule has 0 aromatic heterocycles. The van der Waals surface area contributed by atoms with E-state index in [9.17, 15) is 0 Å². The quantitative estimate of drug-likeness (QED) is 0.905. The highest BCUT2D eigenvalue weighted by Gasteiger charge is 2.22. The molecule has 3 rings (SSSR count). The fourth-order valence-corrected chi connectivity index (χ4v) is 3.90. The maximum atomic E-state index is 5.36. The third-order valence-corrected chi connectivity index (χ3v) is 5.47. The maximum absolute atomic E-state index is 5.36. The van der Waals surface area contributed by atoms with Crippen LogP contribution < -0.4 is 10.1 Å². The molecule has 0 amide bonds. The Kier molecular flexibility index (Phi) is 4.84. The summed E-state index contributed by atoms with van der Waals surface area (Å²) in [6, 6.07) is 7.22. The first kappa shape index (κ1) is 14.9. The van der Waals surface area contributed by atoms with Gasteiger partial charge in [0, 0.05) is 6.04 Å². The molecule has 0 heterocycles. The van der Waals surface area contributed by atoms with Crippen LogP contribution in [0.15, 0.2) is 18.2 Å². The molecule has 0 radical (unpaired) electrons. The zero-order chi connectivity index (χ0) is 14.7. The maximum Gasteiger partial charge on any atom is 0.119 e. The Morgan fingerprint density at radius 3 is 2.67 bits per heavy atom. The van der Waals surface area contributed by atoms with Crippen molar-refractivity contribution >= 4 is 0 Å². The Labute approximate surface area is 129 Å². The summed E-state index contributed by atoms with van der Waals surface area (Å²) in [6.07, 6.45) is 9.35. The van der Waals surface area contributed by atoms with Gasteiger partial charge in [0.15, 0.2) is 0 Å². The Morgan fingerprint density at radius 1 is 1.10 bits per heavy atom. The van der Waals surface area contributed by atoms with Crippen LogP contribution in [0.1, 0.15) is 50.2 Å². The second-order valence-corrected chi connectivity index (χ2v) is 7.11. The van der Waals surface area contributed by atoms with Gasteiger partial charge < -0.3 is 10.1 Å². The number of aryl methyl sites for hydroxylation is 1. The molecule has 1 N–H and O–H groups in total. The molecule has 21 heavy (non-hydrogen) atoms. The second-order valence-electron chi connectivity index (χ2n) is 7.11. The van der Waals surface area contributed by atoms with Gasteiger partial charge in [0.1, 0.15) is 5.75 Å². The molecule has 1 aromatic carbocycles. The van der Waals surface area contributed by atoms with Crippen molar-refractivity contribution in [3.8, 4) is 5.75 Å². The van der Waals surface area contributed by atoms with E-state index >= 15 is 0 Å². The lowest BCUT2D eigenvalue weighted by atomic mass is 9.82. The monoisotopic (exact) mass is 287 g/mol. The highest BCUT2D eigenvalue weighted by Crippen LogP contribution is 2.29. The summed E-state index contributed by atoms with van der Waals surface area (Å²) >= 11 is 0. The van der Waals surface area contributed by atoms with Gasteiger partial charge in [-0.25, -0.2) is 0 Å². The molecule has 1 atom stereocenters. The summed E-state index contributed by atoms with van der Waals surface area (Å²) < 4.78 is 5.36. The van der Waals surface area contributed by atoms with Crippen molar-refractivity contribution in [3.05, 3.63) is 29.3 Å². The number of hydrogen-bond donors (Lipinski definition) is 1. The van der Waals surface area contributed by atoms with E-state index in [-0.39, 0.29) is 0 Å². The number of hydrogen-bond acceptors (Lipinski definition) is 2. The number of benzene rings is 1. The van der Waals surface area contributed by atoms with Crippen molar-refractivity contribution in [1.29, 1.82) is 0 Å². The summed E-state index contributed by atoms with van der Waals surface area (Å²) in [5.41, 5.74) is 3.00. The minimum Gasteiger partial charge on any atom is -0.497 e. The van der Waals surface area contributed by atoms with E-state index in [1.807, 2.05) is 0 Å². The van der Waals surface area contributed by atoms with E-state index in [0.717, 1.165) is 24.0 Å². The van der Waals surface area contributed by atoms with Crippen LogP contribution in [0.25, 0.3) is 0 Å². The molecule has 2 aliphatic rings. The average Bonchev–Trinajstić information content (AvgIpc) is 2.53. The van der Waals surface area contributed by atoms with Crippen LogP contribution in [-0.2, 0) is 12.8 Å². The lowest BCUT2D eigenvalue weighted by molar-refractivity contribution is 0.270. The SMILES string of the molecule is COc1ccc2c(c1)CC(NCC1CCC(C)CC1)CC2. The highest BCUT2D eigenvalue weighted by atomic mass is 16.5. The number of rotatable bonds is 4. The van der Waals surface area contributed by atoms with E-state index in [2.05, 4.69) is 30.4 Å². The van der Waals surface area contributed by atoms with Crippen LogP contribution in [0.2, 0.25) is 0 Å². The Morgan fingerprint density at radius 2 is 1.90 bits per heavy atom. The molecule has 0 aliphatic heterocycles. The van der Waals surface area contributed by atoms with Crippen LogP contribution in [0.4, 0.5) is 0 Å². The fraction of sp³-hybridized carbons (Fsp3) is 0.684. The summed E-state index contributed by atoms with van der Waals surface area (Å²) in [4.78, 5) is 0. The molecule has 2 heteroatoms. The summed E-state index contributed by atoms with van der Waals surface area (Å²) in [5, 5.41) is 3.84. The third kappa shape index (κ3) is 3.79. The van der Waals surface area contributed by atoms with Crippen molar-refractivity contribution in [3.63, 3.8) is 0 Å².